The lowest BCUT2D eigenvalue weighted by molar-refractivity contribution is 0.364. The maximum atomic E-state index is 6.30. The highest BCUT2D eigenvalue weighted by molar-refractivity contribution is 9.10. The maximum absolute atomic E-state index is 6.30. The van der Waals surface area contributed by atoms with Crippen LogP contribution < -0.4 is 9.47 Å². The number of halogens is 1. The molecular weight excluding hydrogens is 472 g/mol. The van der Waals surface area contributed by atoms with Crippen molar-refractivity contribution in [3.05, 3.63) is 94.0 Å². The highest BCUT2D eigenvalue weighted by Gasteiger charge is 2.27. The molecule has 0 atom stereocenters. The van der Waals surface area contributed by atoms with E-state index in [4.69, 9.17) is 19.4 Å². The number of hydrogen-bond acceptors (Lipinski definition) is 5. The largest absolute Gasteiger partial charge is 0.493 e. The lowest BCUT2D eigenvalue weighted by atomic mass is 10.0. The average molecular weight is 491 g/mol. The highest BCUT2D eigenvalue weighted by atomic mass is 79.9. The number of benzene rings is 3. The fourth-order valence-electron chi connectivity index (χ4n) is 3.55. The van der Waals surface area contributed by atoms with Crippen LogP contribution in [-0.2, 0) is 12.2 Å². The zero-order valence-corrected chi connectivity index (χ0v) is 19.2. The Morgan fingerprint density at radius 3 is 2.48 bits per heavy atom. The van der Waals surface area contributed by atoms with Gasteiger partial charge in [-0.05, 0) is 17.7 Å². The van der Waals surface area contributed by atoms with Crippen LogP contribution in [0.25, 0.3) is 11.4 Å². The third kappa shape index (κ3) is 4.18. The predicted octanol–water partition coefficient (Wildman–Crippen LogP) is 6.90. The van der Waals surface area contributed by atoms with Crippen molar-refractivity contribution < 1.29 is 9.47 Å². The number of thioether (sulfide) groups is 1. The van der Waals surface area contributed by atoms with Crippen molar-refractivity contribution in [3.63, 3.8) is 0 Å². The molecule has 0 spiro atoms. The standard InChI is InChI=1S/C25H19BrN2O2S/c1-29-21-14-19(26)12-18-13-20-24(30-22(18)21)27-23(17-10-6-3-7-11-17)28-25(20)31-15-16-8-4-2-5-9-16/h2-12,14H,13,15H2,1H3. The molecule has 0 fully saturated rings. The molecule has 0 saturated carbocycles. The number of nitrogens with zero attached hydrogens (tertiary/aromatic N) is 2. The van der Waals surface area contributed by atoms with E-state index in [2.05, 4.69) is 46.3 Å². The molecule has 5 rings (SSSR count). The van der Waals surface area contributed by atoms with Gasteiger partial charge in [-0.3, -0.25) is 0 Å². The normalized spacial score (nSPS) is 11.9. The van der Waals surface area contributed by atoms with Gasteiger partial charge in [-0.25, -0.2) is 4.98 Å². The zero-order chi connectivity index (χ0) is 21.2. The molecule has 0 aliphatic carbocycles. The first kappa shape index (κ1) is 20.1. The molecule has 0 bridgehead atoms. The van der Waals surface area contributed by atoms with Gasteiger partial charge in [-0.2, -0.15) is 4.98 Å². The lowest BCUT2D eigenvalue weighted by Crippen LogP contribution is -2.10. The number of rotatable bonds is 5. The van der Waals surface area contributed by atoms with Crippen molar-refractivity contribution in [2.75, 3.05) is 7.11 Å². The van der Waals surface area contributed by atoms with Crippen molar-refractivity contribution in [3.8, 4) is 28.8 Å². The highest BCUT2D eigenvalue weighted by Crippen LogP contribution is 2.46. The van der Waals surface area contributed by atoms with Gasteiger partial charge in [-0.15, -0.1) is 11.8 Å². The molecule has 0 saturated heterocycles. The monoisotopic (exact) mass is 490 g/mol. The van der Waals surface area contributed by atoms with Gasteiger partial charge >= 0.3 is 0 Å². The summed E-state index contributed by atoms with van der Waals surface area (Å²) in [6.07, 6.45) is 0.687. The van der Waals surface area contributed by atoms with E-state index in [0.29, 0.717) is 23.9 Å². The van der Waals surface area contributed by atoms with Crippen LogP contribution in [0.5, 0.6) is 17.4 Å². The molecular formula is C25H19BrN2O2S. The summed E-state index contributed by atoms with van der Waals surface area (Å²) in [4.78, 5) is 9.72. The SMILES string of the molecule is COc1cc(Br)cc2c1Oc1nc(-c3ccccc3)nc(SCc3ccccc3)c1C2. The van der Waals surface area contributed by atoms with Crippen LogP contribution in [0.1, 0.15) is 16.7 Å². The average Bonchev–Trinajstić information content (AvgIpc) is 2.82. The lowest BCUT2D eigenvalue weighted by Gasteiger charge is -2.23. The second-order valence-corrected chi connectivity index (χ2v) is 9.03. The molecule has 1 aliphatic heterocycles. The second kappa shape index (κ2) is 8.73. The van der Waals surface area contributed by atoms with Crippen molar-refractivity contribution >= 4 is 27.7 Å². The molecule has 154 valence electrons. The summed E-state index contributed by atoms with van der Waals surface area (Å²) in [5.41, 5.74) is 4.27. The maximum Gasteiger partial charge on any atom is 0.227 e. The molecule has 1 aliphatic rings. The summed E-state index contributed by atoms with van der Waals surface area (Å²) < 4.78 is 12.8. The van der Waals surface area contributed by atoms with Crippen LogP contribution in [-0.4, -0.2) is 17.1 Å². The summed E-state index contributed by atoms with van der Waals surface area (Å²) in [5, 5.41) is 0.942. The topological polar surface area (TPSA) is 44.2 Å². The number of aromatic nitrogens is 2. The Hall–Kier alpha value is -2.83. The Morgan fingerprint density at radius 2 is 1.74 bits per heavy atom. The Kier molecular flexibility index (Phi) is 5.66. The van der Waals surface area contributed by atoms with Crippen LogP contribution in [0.15, 0.2) is 82.3 Å². The molecule has 0 amide bonds. The van der Waals surface area contributed by atoms with Gasteiger partial charge in [0.15, 0.2) is 17.3 Å². The summed E-state index contributed by atoms with van der Waals surface area (Å²) >= 11 is 5.28. The number of fused-ring (bicyclic) bond motifs is 2. The molecule has 1 aromatic heterocycles. The summed E-state index contributed by atoms with van der Waals surface area (Å²) in [6, 6.07) is 24.4. The summed E-state index contributed by atoms with van der Waals surface area (Å²) in [7, 11) is 1.65. The van der Waals surface area contributed by atoms with E-state index in [9.17, 15) is 0 Å². The Bertz CT molecular complexity index is 1230. The second-order valence-electron chi connectivity index (χ2n) is 7.15. The molecule has 2 heterocycles. The van der Waals surface area contributed by atoms with Gasteiger partial charge in [-0.1, -0.05) is 76.6 Å². The van der Waals surface area contributed by atoms with Crippen LogP contribution >= 0.6 is 27.7 Å². The van der Waals surface area contributed by atoms with E-state index in [1.807, 2.05) is 42.5 Å². The van der Waals surface area contributed by atoms with Crippen molar-refractivity contribution in [2.24, 2.45) is 0 Å². The van der Waals surface area contributed by atoms with E-state index in [-0.39, 0.29) is 0 Å². The molecule has 4 aromatic rings. The van der Waals surface area contributed by atoms with E-state index >= 15 is 0 Å². The smallest absolute Gasteiger partial charge is 0.227 e. The fraction of sp³-hybridized carbons (Fsp3) is 0.120. The van der Waals surface area contributed by atoms with E-state index in [1.54, 1.807) is 18.9 Å². The quantitative estimate of drug-likeness (QED) is 0.198. The van der Waals surface area contributed by atoms with Crippen molar-refractivity contribution in [1.29, 1.82) is 0 Å². The van der Waals surface area contributed by atoms with Gasteiger partial charge in [0.1, 0.15) is 5.03 Å². The van der Waals surface area contributed by atoms with Crippen LogP contribution in [0.2, 0.25) is 0 Å². The number of methoxy groups -OCH3 is 1. The van der Waals surface area contributed by atoms with Crippen LogP contribution in [0.4, 0.5) is 0 Å². The van der Waals surface area contributed by atoms with Gasteiger partial charge < -0.3 is 9.47 Å². The molecule has 3 aromatic carbocycles. The number of hydrogen-bond donors (Lipinski definition) is 0. The Labute approximate surface area is 193 Å². The van der Waals surface area contributed by atoms with Crippen LogP contribution in [0.3, 0.4) is 0 Å². The van der Waals surface area contributed by atoms with Crippen molar-refractivity contribution in [1.82, 2.24) is 9.97 Å². The van der Waals surface area contributed by atoms with Crippen LogP contribution in [0, 0.1) is 0 Å². The van der Waals surface area contributed by atoms with E-state index in [1.165, 1.54) is 5.56 Å². The third-order valence-corrected chi connectivity index (χ3v) is 6.61. The predicted molar refractivity (Wildman–Crippen MR) is 127 cm³/mol. The minimum absolute atomic E-state index is 0.595. The van der Waals surface area contributed by atoms with E-state index in [0.717, 1.165) is 37.7 Å². The zero-order valence-electron chi connectivity index (χ0n) is 16.8. The third-order valence-electron chi connectivity index (χ3n) is 5.06. The Morgan fingerprint density at radius 1 is 1.00 bits per heavy atom. The van der Waals surface area contributed by atoms with E-state index < -0.39 is 0 Å². The first-order valence-corrected chi connectivity index (χ1v) is 11.7. The summed E-state index contributed by atoms with van der Waals surface area (Å²) in [6.45, 7) is 0. The molecule has 31 heavy (non-hydrogen) atoms. The van der Waals surface area contributed by atoms with Gasteiger partial charge in [0, 0.05) is 27.8 Å². The Balaban J connectivity index is 1.58. The fourth-order valence-corrected chi connectivity index (χ4v) is 5.01. The molecule has 4 nitrogen and oxygen atoms in total. The van der Waals surface area contributed by atoms with Crippen molar-refractivity contribution in [2.45, 2.75) is 17.2 Å². The first-order valence-electron chi connectivity index (χ1n) is 9.88. The molecule has 0 unspecified atom stereocenters. The number of ether oxygens (including phenoxy) is 2. The minimum Gasteiger partial charge on any atom is -0.493 e. The summed E-state index contributed by atoms with van der Waals surface area (Å²) in [5.74, 6) is 3.49. The van der Waals surface area contributed by atoms with Gasteiger partial charge in [0.2, 0.25) is 5.88 Å². The van der Waals surface area contributed by atoms with Gasteiger partial charge in [0.25, 0.3) is 0 Å². The van der Waals surface area contributed by atoms with Gasteiger partial charge in [0.05, 0.1) is 12.7 Å². The molecule has 0 N–H and O–H groups in total. The molecule has 0 radical (unpaired) electrons. The molecule has 6 heteroatoms. The first-order chi connectivity index (χ1) is 15.2. The minimum atomic E-state index is 0.595.